The summed E-state index contributed by atoms with van der Waals surface area (Å²) >= 11 is 0. The minimum Gasteiger partial charge on any atom is -0.493 e. The molecule has 2 aromatic rings. The Labute approximate surface area is 150 Å². The van der Waals surface area contributed by atoms with Gasteiger partial charge in [0.1, 0.15) is 5.56 Å². The highest BCUT2D eigenvalue weighted by atomic mass is 16.6. The number of carbonyl (C=O) groups excluding carboxylic acids is 1. The smallest absolute Gasteiger partial charge is 0.327 e. The molecule has 0 saturated carbocycles. The molecule has 0 radical (unpaired) electrons. The summed E-state index contributed by atoms with van der Waals surface area (Å²) in [4.78, 5) is 23.4. The monoisotopic (exact) mass is 360 g/mol. The van der Waals surface area contributed by atoms with Crippen molar-refractivity contribution in [1.82, 2.24) is 5.32 Å². The number of nitrogens with one attached hydrogen (secondary N) is 1. The Morgan fingerprint density at radius 1 is 1.08 bits per heavy atom. The summed E-state index contributed by atoms with van der Waals surface area (Å²) in [5, 5.41) is 14.2. The molecular weight excluding hydrogens is 340 g/mol. The van der Waals surface area contributed by atoms with Crippen LogP contribution in [0.5, 0.6) is 17.2 Å². The third-order valence-electron chi connectivity index (χ3n) is 3.77. The SMILES string of the molecule is COc1cc(C(=O)NCCc2ccccc2)c([N+](=O)[O-])c(OC)c1OC. The quantitative estimate of drug-likeness (QED) is 0.574. The topological polar surface area (TPSA) is 99.9 Å². The molecule has 26 heavy (non-hydrogen) atoms. The molecule has 0 saturated heterocycles. The van der Waals surface area contributed by atoms with E-state index in [1.54, 1.807) is 0 Å². The van der Waals surface area contributed by atoms with Gasteiger partial charge in [0, 0.05) is 12.6 Å². The molecule has 0 fully saturated rings. The molecule has 0 heterocycles. The lowest BCUT2D eigenvalue weighted by molar-refractivity contribution is -0.386. The van der Waals surface area contributed by atoms with E-state index < -0.39 is 16.5 Å². The Morgan fingerprint density at radius 3 is 2.27 bits per heavy atom. The third kappa shape index (κ3) is 4.02. The Balaban J connectivity index is 2.31. The predicted octanol–water partition coefficient (Wildman–Crippen LogP) is 2.59. The van der Waals surface area contributed by atoms with Gasteiger partial charge in [-0.15, -0.1) is 0 Å². The van der Waals surface area contributed by atoms with Crippen LogP contribution in [0.2, 0.25) is 0 Å². The molecule has 8 nitrogen and oxygen atoms in total. The number of nitro groups is 1. The van der Waals surface area contributed by atoms with Crippen molar-refractivity contribution in [2.24, 2.45) is 0 Å². The summed E-state index contributed by atoms with van der Waals surface area (Å²) in [6.07, 6.45) is 0.602. The molecule has 138 valence electrons. The van der Waals surface area contributed by atoms with Crippen molar-refractivity contribution in [2.75, 3.05) is 27.9 Å². The van der Waals surface area contributed by atoms with Crippen molar-refractivity contribution in [3.05, 3.63) is 57.6 Å². The van der Waals surface area contributed by atoms with Crippen molar-refractivity contribution in [1.29, 1.82) is 0 Å². The Bertz CT molecular complexity index is 792. The number of amides is 1. The van der Waals surface area contributed by atoms with Crippen molar-refractivity contribution in [2.45, 2.75) is 6.42 Å². The molecule has 0 spiro atoms. The second kappa shape index (κ2) is 8.70. The van der Waals surface area contributed by atoms with Gasteiger partial charge in [0.25, 0.3) is 5.91 Å². The van der Waals surface area contributed by atoms with Gasteiger partial charge in [0.15, 0.2) is 5.75 Å². The fourth-order valence-electron chi connectivity index (χ4n) is 2.56. The highest BCUT2D eigenvalue weighted by Crippen LogP contribution is 2.46. The normalized spacial score (nSPS) is 10.1. The first-order chi connectivity index (χ1) is 12.5. The molecule has 8 heteroatoms. The summed E-state index contributed by atoms with van der Waals surface area (Å²) < 4.78 is 15.4. The fraction of sp³-hybridized carbons (Fsp3) is 0.278. The molecule has 0 aromatic heterocycles. The summed E-state index contributed by atoms with van der Waals surface area (Å²) in [7, 11) is 3.98. The van der Waals surface area contributed by atoms with Crippen LogP contribution in [-0.4, -0.2) is 38.7 Å². The molecule has 0 aliphatic rings. The number of hydrogen-bond donors (Lipinski definition) is 1. The predicted molar refractivity (Wildman–Crippen MR) is 95.2 cm³/mol. The van der Waals surface area contributed by atoms with Gasteiger partial charge in [0.05, 0.1) is 26.3 Å². The first-order valence-electron chi connectivity index (χ1n) is 7.83. The van der Waals surface area contributed by atoms with Gasteiger partial charge in [-0.3, -0.25) is 14.9 Å². The average molecular weight is 360 g/mol. The molecular formula is C18H20N2O6. The van der Waals surface area contributed by atoms with Crippen LogP contribution in [0.15, 0.2) is 36.4 Å². The lowest BCUT2D eigenvalue weighted by Crippen LogP contribution is -2.26. The van der Waals surface area contributed by atoms with E-state index in [0.717, 1.165) is 5.56 Å². The fourth-order valence-corrected chi connectivity index (χ4v) is 2.56. The van der Waals surface area contributed by atoms with Gasteiger partial charge < -0.3 is 19.5 Å². The third-order valence-corrected chi connectivity index (χ3v) is 3.77. The molecule has 2 rings (SSSR count). The van der Waals surface area contributed by atoms with E-state index in [4.69, 9.17) is 14.2 Å². The maximum absolute atomic E-state index is 12.5. The van der Waals surface area contributed by atoms with Crippen LogP contribution in [0.4, 0.5) is 5.69 Å². The molecule has 0 aliphatic carbocycles. The molecule has 1 N–H and O–H groups in total. The molecule has 0 bridgehead atoms. The van der Waals surface area contributed by atoms with E-state index in [2.05, 4.69) is 5.32 Å². The van der Waals surface area contributed by atoms with E-state index in [1.165, 1.54) is 27.4 Å². The van der Waals surface area contributed by atoms with Gasteiger partial charge in [-0.25, -0.2) is 0 Å². The molecule has 0 atom stereocenters. The zero-order valence-corrected chi connectivity index (χ0v) is 14.8. The van der Waals surface area contributed by atoms with Crippen molar-refractivity contribution in [3.63, 3.8) is 0 Å². The van der Waals surface area contributed by atoms with Crippen LogP contribution in [0.1, 0.15) is 15.9 Å². The number of carbonyl (C=O) groups is 1. The van der Waals surface area contributed by atoms with E-state index in [9.17, 15) is 14.9 Å². The number of nitro benzene ring substituents is 1. The lowest BCUT2D eigenvalue weighted by atomic mass is 10.1. The Morgan fingerprint density at radius 2 is 1.73 bits per heavy atom. The summed E-state index contributed by atoms with van der Waals surface area (Å²) in [5.74, 6) is -0.525. The van der Waals surface area contributed by atoms with Gasteiger partial charge in [-0.2, -0.15) is 0 Å². The summed E-state index contributed by atoms with van der Waals surface area (Å²) in [5.41, 5.74) is 0.423. The maximum Gasteiger partial charge on any atom is 0.327 e. The van der Waals surface area contributed by atoms with E-state index >= 15 is 0 Å². The van der Waals surface area contributed by atoms with Crippen LogP contribution < -0.4 is 19.5 Å². The summed E-state index contributed by atoms with van der Waals surface area (Å²) in [6, 6.07) is 10.9. The van der Waals surface area contributed by atoms with Gasteiger partial charge in [0.2, 0.25) is 11.5 Å². The molecule has 0 unspecified atom stereocenters. The highest BCUT2D eigenvalue weighted by molar-refractivity contribution is 6.00. The molecule has 2 aromatic carbocycles. The first kappa shape index (κ1) is 19.0. The van der Waals surface area contributed by atoms with Crippen molar-refractivity contribution < 1.29 is 23.9 Å². The molecule has 0 aliphatic heterocycles. The van der Waals surface area contributed by atoms with Crippen LogP contribution in [-0.2, 0) is 6.42 Å². The second-order valence-electron chi connectivity index (χ2n) is 5.29. The van der Waals surface area contributed by atoms with E-state index in [0.29, 0.717) is 13.0 Å². The minimum absolute atomic E-state index is 0.0579. The average Bonchev–Trinajstić information content (AvgIpc) is 2.66. The second-order valence-corrected chi connectivity index (χ2v) is 5.29. The van der Waals surface area contributed by atoms with Gasteiger partial charge >= 0.3 is 5.69 Å². The number of rotatable bonds is 8. The van der Waals surface area contributed by atoms with Gasteiger partial charge in [-0.05, 0) is 12.0 Å². The van der Waals surface area contributed by atoms with E-state index in [1.807, 2.05) is 30.3 Å². The van der Waals surface area contributed by atoms with Crippen LogP contribution in [0.3, 0.4) is 0 Å². The van der Waals surface area contributed by atoms with Crippen LogP contribution in [0, 0.1) is 10.1 Å². The van der Waals surface area contributed by atoms with Crippen molar-refractivity contribution in [3.8, 4) is 17.2 Å². The molecule has 1 amide bonds. The van der Waals surface area contributed by atoms with Crippen molar-refractivity contribution >= 4 is 11.6 Å². The Hall–Kier alpha value is -3.29. The van der Waals surface area contributed by atoms with Crippen LogP contribution >= 0.6 is 0 Å². The van der Waals surface area contributed by atoms with Gasteiger partial charge in [-0.1, -0.05) is 30.3 Å². The lowest BCUT2D eigenvalue weighted by Gasteiger charge is -2.15. The number of methoxy groups -OCH3 is 3. The zero-order valence-electron chi connectivity index (χ0n) is 14.8. The number of benzene rings is 2. The summed E-state index contributed by atoms with van der Waals surface area (Å²) in [6.45, 7) is 0.330. The highest BCUT2D eigenvalue weighted by Gasteiger charge is 2.32. The van der Waals surface area contributed by atoms with E-state index in [-0.39, 0.29) is 22.8 Å². The number of ether oxygens (including phenoxy) is 3. The maximum atomic E-state index is 12.5. The zero-order chi connectivity index (χ0) is 19.1. The number of hydrogen-bond acceptors (Lipinski definition) is 6. The number of nitrogens with zero attached hydrogens (tertiary/aromatic N) is 1. The van der Waals surface area contributed by atoms with Crippen LogP contribution in [0.25, 0.3) is 0 Å². The standard InChI is InChI=1S/C18H20N2O6/c1-24-14-11-13(15(20(22)23)17(26-3)16(14)25-2)18(21)19-10-9-12-7-5-4-6-8-12/h4-8,11H,9-10H2,1-3H3,(H,19,21). The largest absolute Gasteiger partial charge is 0.493 e. The Kier molecular flexibility index (Phi) is 6.37. The minimum atomic E-state index is -0.674. The first-order valence-corrected chi connectivity index (χ1v) is 7.83.